The molecule has 1 saturated heterocycles. The molecule has 1 aliphatic rings. The van der Waals surface area contributed by atoms with Crippen molar-refractivity contribution in [2.24, 2.45) is 0 Å². The number of allylic oxidation sites excluding steroid dienone is 1. The van der Waals surface area contributed by atoms with Crippen LogP contribution in [0.2, 0.25) is 0 Å². The third kappa shape index (κ3) is 4.17. The van der Waals surface area contributed by atoms with E-state index in [1.54, 1.807) is 0 Å². The van der Waals surface area contributed by atoms with Crippen LogP contribution >= 0.6 is 0 Å². The molecule has 98 valence electrons. The van der Waals surface area contributed by atoms with Gasteiger partial charge in [0, 0.05) is 19.6 Å². The molecule has 3 nitrogen and oxygen atoms in total. The van der Waals surface area contributed by atoms with Crippen LogP contribution in [0.4, 0.5) is 0 Å². The Morgan fingerprint density at radius 2 is 1.94 bits per heavy atom. The summed E-state index contributed by atoms with van der Waals surface area (Å²) in [6.07, 6.45) is 4.12. The van der Waals surface area contributed by atoms with Crippen molar-refractivity contribution in [1.82, 2.24) is 4.90 Å². The van der Waals surface area contributed by atoms with Crippen molar-refractivity contribution in [2.45, 2.75) is 6.92 Å². The SMILES string of the molecule is CC=Cc1ccc(OCCN2CCOCC2)cc1. The first-order chi connectivity index (χ1) is 8.88. The second-order valence-electron chi connectivity index (χ2n) is 4.37. The quantitative estimate of drug-likeness (QED) is 0.797. The molecule has 1 aromatic carbocycles. The number of morpholine rings is 1. The predicted molar refractivity (Wildman–Crippen MR) is 73.9 cm³/mol. The van der Waals surface area contributed by atoms with Gasteiger partial charge in [-0.05, 0) is 24.6 Å². The van der Waals surface area contributed by atoms with Crippen LogP contribution in [0.25, 0.3) is 6.08 Å². The maximum Gasteiger partial charge on any atom is 0.119 e. The first kappa shape index (κ1) is 13.1. The van der Waals surface area contributed by atoms with Gasteiger partial charge in [0.25, 0.3) is 0 Å². The van der Waals surface area contributed by atoms with Gasteiger partial charge in [-0.15, -0.1) is 0 Å². The molecule has 0 bridgehead atoms. The van der Waals surface area contributed by atoms with Crippen LogP contribution in [0.3, 0.4) is 0 Å². The van der Waals surface area contributed by atoms with Gasteiger partial charge in [-0.25, -0.2) is 0 Å². The van der Waals surface area contributed by atoms with Crippen LogP contribution < -0.4 is 4.74 Å². The largest absolute Gasteiger partial charge is 0.492 e. The summed E-state index contributed by atoms with van der Waals surface area (Å²) in [5.74, 6) is 0.941. The van der Waals surface area contributed by atoms with Gasteiger partial charge < -0.3 is 9.47 Å². The van der Waals surface area contributed by atoms with E-state index in [2.05, 4.69) is 23.1 Å². The Morgan fingerprint density at radius 1 is 1.22 bits per heavy atom. The van der Waals surface area contributed by atoms with E-state index in [1.165, 1.54) is 5.56 Å². The van der Waals surface area contributed by atoms with E-state index >= 15 is 0 Å². The highest BCUT2D eigenvalue weighted by Crippen LogP contribution is 2.13. The number of benzene rings is 1. The van der Waals surface area contributed by atoms with Crippen molar-refractivity contribution in [3.05, 3.63) is 35.9 Å². The third-order valence-corrected chi connectivity index (χ3v) is 3.02. The molecule has 1 aliphatic heterocycles. The lowest BCUT2D eigenvalue weighted by molar-refractivity contribution is 0.0322. The molecule has 0 spiro atoms. The Kier molecular flexibility index (Phi) is 5.24. The maximum absolute atomic E-state index is 5.74. The van der Waals surface area contributed by atoms with E-state index in [9.17, 15) is 0 Å². The summed E-state index contributed by atoms with van der Waals surface area (Å²) in [7, 11) is 0. The average molecular weight is 247 g/mol. The normalized spacial score (nSPS) is 17.2. The molecule has 0 N–H and O–H groups in total. The van der Waals surface area contributed by atoms with Crippen LogP contribution in [0.1, 0.15) is 12.5 Å². The summed E-state index contributed by atoms with van der Waals surface area (Å²) in [6, 6.07) is 8.19. The molecular weight excluding hydrogens is 226 g/mol. The Labute approximate surface area is 109 Å². The standard InChI is InChI=1S/C15H21NO2/c1-2-3-14-4-6-15(7-5-14)18-13-10-16-8-11-17-12-9-16/h2-7H,8-13H2,1H3. The van der Waals surface area contributed by atoms with Crippen LogP contribution in [-0.2, 0) is 4.74 Å². The zero-order valence-corrected chi connectivity index (χ0v) is 11.0. The van der Waals surface area contributed by atoms with Gasteiger partial charge in [0.15, 0.2) is 0 Å². The topological polar surface area (TPSA) is 21.7 Å². The highest BCUT2D eigenvalue weighted by atomic mass is 16.5. The molecule has 0 amide bonds. The highest BCUT2D eigenvalue weighted by molar-refractivity contribution is 5.50. The zero-order chi connectivity index (χ0) is 12.6. The zero-order valence-electron chi connectivity index (χ0n) is 11.0. The van der Waals surface area contributed by atoms with Gasteiger partial charge in [0.2, 0.25) is 0 Å². The molecule has 1 fully saturated rings. The highest BCUT2D eigenvalue weighted by Gasteiger charge is 2.09. The van der Waals surface area contributed by atoms with E-state index < -0.39 is 0 Å². The Bertz CT molecular complexity index is 367. The second-order valence-corrected chi connectivity index (χ2v) is 4.37. The second kappa shape index (κ2) is 7.19. The lowest BCUT2D eigenvalue weighted by Gasteiger charge is -2.26. The van der Waals surface area contributed by atoms with E-state index in [0.29, 0.717) is 0 Å². The average Bonchev–Trinajstić information content (AvgIpc) is 2.42. The molecular formula is C15H21NO2. The molecule has 0 saturated carbocycles. The summed E-state index contributed by atoms with van der Waals surface area (Å²) in [6.45, 7) is 7.46. The lowest BCUT2D eigenvalue weighted by atomic mass is 10.2. The minimum atomic E-state index is 0.739. The van der Waals surface area contributed by atoms with E-state index in [0.717, 1.165) is 45.2 Å². The van der Waals surface area contributed by atoms with Gasteiger partial charge in [0.1, 0.15) is 12.4 Å². The fourth-order valence-electron chi connectivity index (χ4n) is 1.98. The first-order valence-electron chi connectivity index (χ1n) is 6.54. The summed E-state index contributed by atoms with van der Waals surface area (Å²) in [4.78, 5) is 2.37. The summed E-state index contributed by atoms with van der Waals surface area (Å²) in [5.41, 5.74) is 1.21. The third-order valence-electron chi connectivity index (χ3n) is 3.02. The van der Waals surface area contributed by atoms with Crippen LogP contribution in [0, 0.1) is 0 Å². The number of nitrogens with zero attached hydrogens (tertiary/aromatic N) is 1. The van der Waals surface area contributed by atoms with Crippen molar-refractivity contribution in [3.63, 3.8) is 0 Å². The lowest BCUT2D eigenvalue weighted by Crippen LogP contribution is -2.38. The first-order valence-corrected chi connectivity index (χ1v) is 6.54. The van der Waals surface area contributed by atoms with Gasteiger partial charge in [0.05, 0.1) is 13.2 Å². The fourth-order valence-corrected chi connectivity index (χ4v) is 1.98. The Balaban J connectivity index is 1.72. The molecule has 1 aromatic rings. The minimum absolute atomic E-state index is 0.739. The summed E-state index contributed by atoms with van der Waals surface area (Å²) in [5, 5.41) is 0. The molecule has 0 aromatic heterocycles. The van der Waals surface area contributed by atoms with Gasteiger partial charge >= 0.3 is 0 Å². The minimum Gasteiger partial charge on any atom is -0.492 e. The van der Waals surface area contributed by atoms with Crippen molar-refractivity contribution >= 4 is 6.08 Å². The molecule has 0 aliphatic carbocycles. The molecule has 0 radical (unpaired) electrons. The predicted octanol–water partition coefficient (Wildman–Crippen LogP) is 2.43. The van der Waals surface area contributed by atoms with E-state index in [4.69, 9.17) is 9.47 Å². The van der Waals surface area contributed by atoms with Crippen molar-refractivity contribution in [2.75, 3.05) is 39.5 Å². The molecule has 0 atom stereocenters. The Morgan fingerprint density at radius 3 is 2.61 bits per heavy atom. The summed E-state index contributed by atoms with van der Waals surface area (Å²) >= 11 is 0. The summed E-state index contributed by atoms with van der Waals surface area (Å²) < 4.78 is 11.0. The number of ether oxygens (including phenoxy) is 2. The molecule has 18 heavy (non-hydrogen) atoms. The van der Waals surface area contributed by atoms with Crippen molar-refractivity contribution in [3.8, 4) is 5.75 Å². The van der Waals surface area contributed by atoms with Crippen LogP contribution in [0.15, 0.2) is 30.3 Å². The Hall–Kier alpha value is -1.32. The number of rotatable bonds is 5. The number of hydrogen-bond donors (Lipinski definition) is 0. The van der Waals surface area contributed by atoms with Gasteiger partial charge in [-0.1, -0.05) is 24.3 Å². The van der Waals surface area contributed by atoms with Crippen molar-refractivity contribution < 1.29 is 9.47 Å². The maximum atomic E-state index is 5.74. The van der Waals surface area contributed by atoms with Gasteiger partial charge in [-0.2, -0.15) is 0 Å². The molecule has 0 unspecified atom stereocenters. The van der Waals surface area contributed by atoms with E-state index in [1.807, 2.05) is 25.1 Å². The van der Waals surface area contributed by atoms with Crippen LogP contribution in [-0.4, -0.2) is 44.4 Å². The fraction of sp³-hybridized carbons (Fsp3) is 0.467. The molecule has 2 rings (SSSR count). The molecule has 3 heteroatoms. The van der Waals surface area contributed by atoms with Crippen molar-refractivity contribution in [1.29, 1.82) is 0 Å². The van der Waals surface area contributed by atoms with E-state index in [-0.39, 0.29) is 0 Å². The number of hydrogen-bond acceptors (Lipinski definition) is 3. The smallest absolute Gasteiger partial charge is 0.119 e. The van der Waals surface area contributed by atoms with Crippen LogP contribution in [0.5, 0.6) is 5.75 Å². The molecule has 1 heterocycles. The monoisotopic (exact) mass is 247 g/mol. The van der Waals surface area contributed by atoms with Gasteiger partial charge in [-0.3, -0.25) is 4.90 Å².